The highest BCUT2D eigenvalue weighted by Gasteiger charge is 2.28. The van der Waals surface area contributed by atoms with Crippen molar-refractivity contribution < 1.29 is 14.4 Å². The van der Waals surface area contributed by atoms with Crippen LogP contribution in [0.5, 0.6) is 0 Å². The Labute approximate surface area is 125 Å². The molecule has 5 nitrogen and oxygen atoms in total. The van der Waals surface area contributed by atoms with Gasteiger partial charge in [0.05, 0.1) is 6.04 Å². The fourth-order valence-corrected chi connectivity index (χ4v) is 3.07. The van der Waals surface area contributed by atoms with Gasteiger partial charge >= 0.3 is 6.03 Å². The SMILES string of the molecule is CN(C(=O)NO[C@@H]1CCCCO1)[C@@H]1CCc2ccccc21. The van der Waals surface area contributed by atoms with Gasteiger partial charge in [-0.25, -0.2) is 15.1 Å². The molecule has 0 unspecified atom stereocenters. The van der Waals surface area contributed by atoms with Crippen molar-refractivity contribution in [3.63, 3.8) is 0 Å². The van der Waals surface area contributed by atoms with E-state index in [0.717, 1.165) is 32.1 Å². The first-order valence-electron chi connectivity index (χ1n) is 7.63. The molecule has 0 radical (unpaired) electrons. The first-order valence-corrected chi connectivity index (χ1v) is 7.63. The van der Waals surface area contributed by atoms with Crippen molar-refractivity contribution in [1.29, 1.82) is 0 Å². The van der Waals surface area contributed by atoms with Crippen LogP contribution in [0.4, 0.5) is 4.79 Å². The molecule has 0 bridgehead atoms. The van der Waals surface area contributed by atoms with Crippen LogP contribution in [0.15, 0.2) is 24.3 Å². The van der Waals surface area contributed by atoms with E-state index in [9.17, 15) is 4.79 Å². The van der Waals surface area contributed by atoms with Crippen LogP contribution in [0.2, 0.25) is 0 Å². The summed E-state index contributed by atoms with van der Waals surface area (Å²) in [6, 6.07) is 8.21. The molecule has 1 aliphatic heterocycles. The van der Waals surface area contributed by atoms with E-state index >= 15 is 0 Å². The van der Waals surface area contributed by atoms with Crippen molar-refractivity contribution in [2.24, 2.45) is 0 Å². The zero-order chi connectivity index (χ0) is 14.7. The Morgan fingerprint density at radius 1 is 1.33 bits per heavy atom. The third kappa shape index (κ3) is 3.19. The molecule has 0 saturated carbocycles. The molecule has 2 atom stereocenters. The summed E-state index contributed by atoms with van der Waals surface area (Å²) in [4.78, 5) is 19.3. The highest BCUT2D eigenvalue weighted by molar-refractivity contribution is 5.73. The number of carbonyl (C=O) groups excluding carboxylic acids is 1. The predicted octanol–water partition coefficient (Wildman–Crippen LogP) is 2.77. The van der Waals surface area contributed by atoms with Crippen molar-refractivity contribution >= 4 is 6.03 Å². The summed E-state index contributed by atoms with van der Waals surface area (Å²) in [5.74, 6) is 0. The average Bonchev–Trinajstić information content (AvgIpc) is 2.97. The maximum Gasteiger partial charge on any atom is 0.341 e. The minimum atomic E-state index is -0.313. The van der Waals surface area contributed by atoms with Gasteiger partial charge in [-0.1, -0.05) is 24.3 Å². The van der Waals surface area contributed by atoms with E-state index in [2.05, 4.69) is 17.6 Å². The molecule has 1 aromatic rings. The van der Waals surface area contributed by atoms with Crippen molar-refractivity contribution in [2.75, 3.05) is 13.7 Å². The molecule has 1 saturated heterocycles. The number of ether oxygens (including phenoxy) is 1. The lowest BCUT2D eigenvalue weighted by molar-refractivity contribution is -0.187. The van der Waals surface area contributed by atoms with Crippen molar-refractivity contribution in [3.05, 3.63) is 35.4 Å². The molecule has 1 aliphatic carbocycles. The highest BCUT2D eigenvalue weighted by atomic mass is 16.8. The second kappa shape index (κ2) is 6.45. The summed E-state index contributed by atoms with van der Waals surface area (Å²) in [6.07, 6.45) is 4.63. The maximum atomic E-state index is 12.2. The van der Waals surface area contributed by atoms with Gasteiger partial charge in [0, 0.05) is 20.1 Å². The van der Waals surface area contributed by atoms with Gasteiger partial charge in [-0.2, -0.15) is 0 Å². The zero-order valence-corrected chi connectivity index (χ0v) is 12.4. The Kier molecular flexibility index (Phi) is 4.41. The Bertz CT molecular complexity index is 500. The van der Waals surface area contributed by atoms with Crippen LogP contribution < -0.4 is 5.48 Å². The van der Waals surface area contributed by atoms with E-state index in [1.54, 1.807) is 4.90 Å². The summed E-state index contributed by atoms with van der Waals surface area (Å²) in [6.45, 7) is 0.701. The van der Waals surface area contributed by atoms with Crippen LogP contribution in [0.1, 0.15) is 42.9 Å². The molecule has 114 valence electrons. The molecule has 1 heterocycles. The number of hydrogen-bond acceptors (Lipinski definition) is 3. The lowest BCUT2D eigenvalue weighted by atomic mass is 10.1. The lowest BCUT2D eigenvalue weighted by Crippen LogP contribution is -2.41. The van der Waals surface area contributed by atoms with Crippen LogP contribution in [-0.4, -0.2) is 30.9 Å². The van der Waals surface area contributed by atoms with E-state index in [-0.39, 0.29) is 18.4 Å². The molecule has 5 heteroatoms. The van der Waals surface area contributed by atoms with Gasteiger partial charge in [-0.05, 0) is 36.8 Å². The van der Waals surface area contributed by atoms with Crippen molar-refractivity contribution in [1.82, 2.24) is 10.4 Å². The number of nitrogens with zero attached hydrogens (tertiary/aromatic N) is 1. The lowest BCUT2D eigenvalue weighted by Gasteiger charge is -2.27. The molecule has 1 N–H and O–H groups in total. The fourth-order valence-electron chi connectivity index (χ4n) is 3.07. The van der Waals surface area contributed by atoms with Crippen LogP contribution in [0.25, 0.3) is 0 Å². The number of carbonyl (C=O) groups is 1. The summed E-state index contributed by atoms with van der Waals surface area (Å²) in [5, 5.41) is 0. The minimum absolute atomic E-state index is 0.122. The topological polar surface area (TPSA) is 50.8 Å². The minimum Gasteiger partial charge on any atom is -0.350 e. The molecule has 0 spiro atoms. The van der Waals surface area contributed by atoms with Gasteiger partial charge in [0.25, 0.3) is 0 Å². The molecule has 21 heavy (non-hydrogen) atoms. The smallest absolute Gasteiger partial charge is 0.341 e. The molecular weight excluding hydrogens is 268 g/mol. The number of fused-ring (bicyclic) bond motifs is 1. The van der Waals surface area contributed by atoms with Crippen LogP contribution in [-0.2, 0) is 16.0 Å². The van der Waals surface area contributed by atoms with Gasteiger partial charge in [0.2, 0.25) is 0 Å². The summed E-state index contributed by atoms with van der Waals surface area (Å²) in [5.41, 5.74) is 5.09. The molecule has 3 rings (SSSR count). The molecule has 1 aromatic carbocycles. The Morgan fingerprint density at radius 2 is 2.19 bits per heavy atom. The number of benzene rings is 1. The predicted molar refractivity (Wildman–Crippen MR) is 78.5 cm³/mol. The largest absolute Gasteiger partial charge is 0.350 e. The summed E-state index contributed by atoms with van der Waals surface area (Å²) in [7, 11) is 1.81. The third-order valence-electron chi connectivity index (χ3n) is 4.30. The van der Waals surface area contributed by atoms with Gasteiger partial charge in [0.1, 0.15) is 0 Å². The molecule has 0 aromatic heterocycles. The van der Waals surface area contributed by atoms with Gasteiger partial charge in [-0.15, -0.1) is 0 Å². The number of amides is 2. The third-order valence-corrected chi connectivity index (χ3v) is 4.30. The van der Waals surface area contributed by atoms with Crippen molar-refractivity contribution in [3.8, 4) is 0 Å². The van der Waals surface area contributed by atoms with E-state index in [0.29, 0.717) is 6.61 Å². The quantitative estimate of drug-likeness (QED) is 0.871. The second-order valence-electron chi connectivity index (χ2n) is 5.69. The number of hydrogen-bond donors (Lipinski definition) is 1. The highest BCUT2D eigenvalue weighted by Crippen LogP contribution is 2.34. The second-order valence-corrected chi connectivity index (χ2v) is 5.69. The zero-order valence-electron chi connectivity index (χ0n) is 12.4. The Morgan fingerprint density at radius 3 is 3.00 bits per heavy atom. The Hall–Kier alpha value is -1.59. The van der Waals surface area contributed by atoms with Crippen LogP contribution >= 0.6 is 0 Å². The van der Waals surface area contributed by atoms with Gasteiger partial charge in [0.15, 0.2) is 6.29 Å². The number of nitrogens with one attached hydrogen (secondary N) is 1. The van der Waals surface area contributed by atoms with E-state index in [1.165, 1.54) is 11.1 Å². The number of aryl methyl sites for hydroxylation is 1. The summed E-state index contributed by atoms with van der Waals surface area (Å²) < 4.78 is 5.43. The number of urea groups is 1. The van der Waals surface area contributed by atoms with E-state index in [1.807, 2.05) is 19.2 Å². The van der Waals surface area contributed by atoms with Crippen LogP contribution in [0, 0.1) is 0 Å². The van der Waals surface area contributed by atoms with E-state index in [4.69, 9.17) is 9.57 Å². The monoisotopic (exact) mass is 290 g/mol. The van der Waals surface area contributed by atoms with Gasteiger partial charge < -0.3 is 9.64 Å². The molecular formula is C16H22N2O3. The Balaban J connectivity index is 1.55. The first-order chi connectivity index (χ1) is 10.3. The molecule has 2 aliphatic rings. The molecule has 1 fully saturated rings. The average molecular weight is 290 g/mol. The fraction of sp³-hybridized carbons (Fsp3) is 0.562. The van der Waals surface area contributed by atoms with E-state index < -0.39 is 0 Å². The normalized spacial score (nSPS) is 24.4. The number of rotatable bonds is 3. The molecule has 2 amide bonds. The number of hydroxylamine groups is 1. The summed E-state index contributed by atoms with van der Waals surface area (Å²) >= 11 is 0. The standard InChI is InChI=1S/C16H22N2O3/c1-18(14-10-9-12-6-2-3-7-13(12)14)16(19)17-21-15-8-4-5-11-20-15/h2-3,6-7,14-15H,4-5,8-11H2,1H3,(H,17,19)/t14-,15-/m1/s1. The van der Waals surface area contributed by atoms with Crippen LogP contribution in [0.3, 0.4) is 0 Å². The van der Waals surface area contributed by atoms with Gasteiger partial charge in [-0.3, -0.25) is 0 Å². The van der Waals surface area contributed by atoms with Crippen molar-refractivity contribution in [2.45, 2.75) is 44.4 Å². The maximum absolute atomic E-state index is 12.2. The first kappa shape index (κ1) is 14.4.